The van der Waals surface area contributed by atoms with Gasteiger partial charge in [0.05, 0.1) is 16.7 Å². The average molecular weight is 330 g/mol. The molecule has 1 atom stereocenters. The van der Waals surface area contributed by atoms with Gasteiger partial charge in [0.15, 0.2) is 0 Å². The summed E-state index contributed by atoms with van der Waals surface area (Å²) < 4.78 is 5.41. The number of carbonyl (C=O) groups is 1. The highest BCUT2D eigenvalue weighted by atomic mass is 35.5. The summed E-state index contributed by atoms with van der Waals surface area (Å²) in [5.41, 5.74) is 0.756. The first-order chi connectivity index (χ1) is 10.1. The van der Waals surface area contributed by atoms with Gasteiger partial charge in [-0.1, -0.05) is 42.5 Å². The molecule has 0 unspecified atom stereocenters. The van der Waals surface area contributed by atoms with Crippen LogP contribution in [0.1, 0.15) is 39.0 Å². The molecule has 0 aromatic heterocycles. The van der Waals surface area contributed by atoms with Gasteiger partial charge in [0, 0.05) is 5.69 Å². The third-order valence-corrected chi connectivity index (χ3v) is 4.58. The Bertz CT molecular complexity index is 487. The molecular formula is C16H21Cl2NO2. The number of hydrogen-bond acceptors (Lipinski definition) is 3. The summed E-state index contributed by atoms with van der Waals surface area (Å²) in [7, 11) is 0. The van der Waals surface area contributed by atoms with E-state index < -0.39 is 6.04 Å². The van der Waals surface area contributed by atoms with Crippen molar-refractivity contribution in [2.75, 3.05) is 11.9 Å². The number of carbonyl (C=O) groups excluding carboxylic acids is 1. The SMILES string of the molecule is C[C@H](Nc1ccc(Cl)c(Cl)c1)C(=O)OCC1CCCCC1. The first-order valence-electron chi connectivity index (χ1n) is 7.44. The monoisotopic (exact) mass is 329 g/mol. The molecular weight excluding hydrogens is 309 g/mol. The minimum Gasteiger partial charge on any atom is -0.464 e. The van der Waals surface area contributed by atoms with Crippen molar-refractivity contribution in [1.82, 2.24) is 0 Å². The molecule has 1 aliphatic carbocycles. The molecule has 0 spiro atoms. The first-order valence-corrected chi connectivity index (χ1v) is 8.20. The topological polar surface area (TPSA) is 38.3 Å². The third-order valence-electron chi connectivity index (χ3n) is 3.84. The highest BCUT2D eigenvalue weighted by Gasteiger charge is 2.19. The highest BCUT2D eigenvalue weighted by Crippen LogP contribution is 2.26. The van der Waals surface area contributed by atoms with E-state index in [-0.39, 0.29) is 5.97 Å². The van der Waals surface area contributed by atoms with Gasteiger partial charge in [-0.05, 0) is 43.9 Å². The van der Waals surface area contributed by atoms with E-state index in [1.165, 1.54) is 32.1 Å². The second-order valence-electron chi connectivity index (χ2n) is 5.63. The summed E-state index contributed by atoms with van der Waals surface area (Å²) >= 11 is 11.8. The molecule has 3 nitrogen and oxygen atoms in total. The highest BCUT2D eigenvalue weighted by molar-refractivity contribution is 6.42. The zero-order chi connectivity index (χ0) is 15.2. The predicted molar refractivity (Wildman–Crippen MR) is 87.1 cm³/mol. The summed E-state index contributed by atoms with van der Waals surface area (Å²) in [6, 6.07) is 4.78. The minimum absolute atomic E-state index is 0.230. The summed E-state index contributed by atoms with van der Waals surface area (Å²) in [6.45, 7) is 2.32. The van der Waals surface area contributed by atoms with Gasteiger partial charge in [-0.2, -0.15) is 0 Å². The van der Waals surface area contributed by atoms with E-state index in [1.807, 2.05) is 0 Å². The molecule has 1 aliphatic rings. The van der Waals surface area contributed by atoms with Crippen molar-refractivity contribution in [1.29, 1.82) is 0 Å². The Labute approximate surface area is 136 Å². The molecule has 0 aliphatic heterocycles. The summed E-state index contributed by atoms with van der Waals surface area (Å²) in [6.07, 6.45) is 6.14. The van der Waals surface area contributed by atoms with Crippen LogP contribution in [0, 0.1) is 5.92 Å². The van der Waals surface area contributed by atoms with Crippen LogP contribution in [0.3, 0.4) is 0 Å². The van der Waals surface area contributed by atoms with Crippen LogP contribution in [0.4, 0.5) is 5.69 Å². The van der Waals surface area contributed by atoms with Crippen LogP contribution in [0.5, 0.6) is 0 Å². The Kier molecular flexibility index (Phi) is 6.19. The van der Waals surface area contributed by atoms with Crippen LogP contribution in [-0.2, 0) is 9.53 Å². The van der Waals surface area contributed by atoms with E-state index in [9.17, 15) is 4.79 Å². The standard InChI is InChI=1S/C16H21Cl2NO2/c1-11(19-13-7-8-14(17)15(18)9-13)16(20)21-10-12-5-3-2-4-6-12/h7-9,11-12,19H,2-6,10H2,1H3/t11-/m0/s1. The lowest BCUT2D eigenvalue weighted by Gasteiger charge is -2.22. The van der Waals surface area contributed by atoms with Crippen molar-refractivity contribution in [2.45, 2.75) is 45.1 Å². The van der Waals surface area contributed by atoms with Crippen molar-refractivity contribution in [3.05, 3.63) is 28.2 Å². The van der Waals surface area contributed by atoms with Gasteiger partial charge in [-0.25, -0.2) is 4.79 Å². The predicted octanol–water partition coefficient (Wildman–Crippen LogP) is 4.92. The fourth-order valence-electron chi connectivity index (χ4n) is 2.57. The van der Waals surface area contributed by atoms with Crippen LogP contribution >= 0.6 is 23.2 Å². The van der Waals surface area contributed by atoms with Crippen molar-refractivity contribution < 1.29 is 9.53 Å². The molecule has 0 radical (unpaired) electrons. The molecule has 1 fully saturated rings. The van der Waals surface area contributed by atoms with E-state index in [1.54, 1.807) is 25.1 Å². The first kappa shape index (κ1) is 16.4. The fourth-order valence-corrected chi connectivity index (χ4v) is 2.87. The maximum atomic E-state index is 12.0. The number of anilines is 1. The van der Waals surface area contributed by atoms with Crippen LogP contribution in [0.15, 0.2) is 18.2 Å². The van der Waals surface area contributed by atoms with Gasteiger partial charge in [0.2, 0.25) is 0 Å². The second-order valence-corrected chi connectivity index (χ2v) is 6.44. The van der Waals surface area contributed by atoms with Crippen LogP contribution in [0.25, 0.3) is 0 Å². The van der Waals surface area contributed by atoms with E-state index in [0.717, 1.165) is 5.69 Å². The smallest absolute Gasteiger partial charge is 0.328 e. The normalized spacial score (nSPS) is 17.3. The molecule has 21 heavy (non-hydrogen) atoms. The Balaban J connectivity index is 1.79. The average Bonchev–Trinajstić information content (AvgIpc) is 2.49. The molecule has 1 aromatic carbocycles. The number of hydrogen-bond donors (Lipinski definition) is 1. The molecule has 1 aromatic rings. The molecule has 1 N–H and O–H groups in total. The van der Waals surface area contributed by atoms with Crippen molar-refractivity contribution >= 4 is 34.9 Å². The number of esters is 1. The lowest BCUT2D eigenvalue weighted by atomic mass is 9.90. The number of ether oxygens (including phenoxy) is 1. The molecule has 0 bridgehead atoms. The van der Waals surface area contributed by atoms with Gasteiger partial charge >= 0.3 is 5.97 Å². The molecule has 0 saturated heterocycles. The zero-order valence-corrected chi connectivity index (χ0v) is 13.7. The van der Waals surface area contributed by atoms with E-state index in [0.29, 0.717) is 22.6 Å². The molecule has 0 heterocycles. The molecule has 2 rings (SSSR count). The maximum Gasteiger partial charge on any atom is 0.328 e. The van der Waals surface area contributed by atoms with Crippen molar-refractivity contribution in [3.8, 4) is 0 Å². The van der Waals surface area contributed by atoms with Gasteiger partial charge in [-0.3, -0.25) is 0 Å². The summed E-state index contributed by atoms with van der Waals surface area (Å²) in [5.74, 6) is 0.298. The molecule has 1 saturated carbocycles. The summed E-state index contributed by atoms with van der Waals surface area (Å²) in [5, 5.41) is 4.04. The van der Waals surface area contributed by atoms with Crippen LogP contribution < -0.4 is 5.32 Å². The lowest BCUT2D eigenvalue weighted by molar-refractivity contribution is -0.145. The molecule has 5 heteroatoms. The van der Waals surface area contributed by atoms with Gasteiger partial charge in [0.25, 0.3) is 0 Å². The number of rotatable bonds is 5. The van der Waals surface area contributed by atoms with E-state index in [4.69, 9.17) is 27.9 Å². The number of benzene rings is 1. The zero-order valence-electron chi connectivity index (χ0n) is 12.2. The Morgan fingerprint density at radius 1 is 1.29 bits per heavy atom. The third kappa shape index (κ3) is 5.08. The molecule has 116 valence electrons. The Hall–Kier alpha value is -0.930. The Morgan fingerprint density at radius 3 is 2.67 bits per heavy atom. The number of halogens is 2. The quantitative estimate of drug-likeness (QED) is 0.779. The fraction of sp³-hybridized carbons (Fsp3) is 0.562. The second kappa shape index (κ2) is 7.90. The van der Waals surface area contributed by atoms with Crippen molar-refractivity contribution in [3.63, 3.8) is 0 Å². The van der Waals surface area contributed by atoms with E-state index in [2.05, 4.69) is 5.32 Å². The molecule has 0 amide bonds. The summed E-state index contributed by atoms with van der Waals surface area (Å²) in [4.78, 5) is 12.0. The van der Waals surface area contributed by atoms with Gasteiger partial charge in [0.1, 0.15) is 6.04 Å². The largest absolute Gasteiger partial charge is 0.464 e. The number of nitrogens with one attached hydrogen (secondary N) is 1. The van der Waals surface area contributed by atoms with Crippen LogP contribution in [-0.4, -0.2) is 18.6 Å². The van der Waals surface area contributed by atoms with Gasteiger partial charge < -0.3 is 10.1 Å². The minimum atomic E-state index is -0.411. The lowest BCUT2D eigenvalue weighted by Crippen LogP contribution is -2.30. The Morgan fingerprint density at radius 2 is 2.00 bits per heavy atom. The van der Waals surface area contributed by atoms with Crippen molar-refractivity contribution in [2.24, 2.45) is 5.92 Å². The van der Waals surface area contributed by atoms with Crippen LogP contribution in [0.2, 0.25) is 10.0 Å². The van der Waals surface area contributed by atoms with Gasteiger partial charge in [-0.15, -0.1) is 0 Å². The maximum absolute atomic E-state index is 12.0. The van der Waals surface area contributed by atoms with E-state index >= 15 is 0 Å².